The summed E-state index contributed by atoms with van der Waals surface area (Å²) in [5.74, 6) is -5.31. The van der Waals surface area contributed by atoms with E-state index in [0.29, 0.717) is 36.9 Å². The van der Waals surface area contributed by atoms with E-state index in [1.807, 2.05) is 32.1 Å². The summed E-state index contributed by atoms with van der Waals surface area (Å²) in [6.45, 7) is 7.03. The molecule has 0 aromatic heterocycles. The molecule has 2 aromatic carbocycles. The Balaban J connectivity index is 1.14. The minimum atomic E-state index is -1.85. The van der Waals surface area contributed by atoms with Crippen LogP contribution in [0.4, 0.5) is 10.1 Å². The minimum Gasteiger partial charge on any atom is -0.463 e. The largest absolute Gasteiger partial charge is 0.463 e. The molecular weight excluding hydrogens is 862 g/mol. The lowest BCUT2D eigenvalue weighted by molar-refractivity contribution is -0.307. The van der Waals surface area contributed by atoms with E-state index < -0.39 is 114 Å². The average molecular weight is 918 g/mol. The SMILES string of the molecule is CC(=O)OC[C@H]1O[C@@H](OCC(=O)[C@@]23O[C@H](c4ccc(Cc5ccc(N)cc5)cc4F)O[C@@H]2C[C@H]2[C@@H]4CCC5=CC(=O)C=C[C@]5(C)[C@H]4[C@@H](O)C[C@@]23C)[C@H](OC(C)=O)[C@@H](OC(C)=O)[C@H]1OC(C)=O. The van der Waals surface area contributed by atoms with Gasteiger partial charge in [0, 0.05) is 55.7 Å². The van der Waals surface area contributed by atoms with E-state index in [9.17, 15) is 29.1 Å². The van der Waals surface area contributed by atoms with E-state index in [0.717, 1.165) is 38.8 Å². The second-order valence-corrected chi connectivity index (χ2v) is 18.8. The molecule has 0 unspecified atom stereocenters. The molecule has 0 radical (unpaired) electrons. The zero-order chi connectivity index (χ0) is 47.5. The summed E-state index contributed by atoms with van der Waals surface area (Å²) in [5, 5.41) is 12.3. The zero-order valence-electron chi connectivity index (χ0n) is 37.7. The number of carbonyl (C=O) groups excluding carboxylic acids is 6. The number of aliphatic hydroxyl groups excluding tert-OH is 1. The van der Waals surface area contributed by atoms with Crippen molar-refractivity contribution in [2.75, 3.05) is 18.9 Å². The molecule has 3 N–H and O–H groups in total. The summed E-state index contributed by atoms with van der Waals surface area (Å²) >= 11 is 0. The number of aliphatic hydroxyl groups is 1. The molecule has 2 heterocycles. The maximum Gasteiger partial charge on any atom is 0.303 e. The fourth-order valence-electron chi connectivity index (χ4n) is 12.0. The van der Waals surface area contributed by atoms with Crippen LogP contribution in [0.5, 0.6) is 0 Å². The highest BCUT2D eigenvalue weighted by Gasteiger charge is 2.76. The third-order valence-electron chi connectivity index (χ3n) is 14.7. The molecule has 0 spiro atoms. The van der Waals surface area contributed by atoms with Gasteiger partial charge in [-0.2, -0.15) is 0 Å². The Morgan fingerprint density at radius 3 is 2.21 bits per heavy atom. The predicted octanol–water partition coefficient (Wildman–Crippen LogP) is 4.71. The number of fused-ring (bicyclic) bond motifs is 7. The highest BCUT2D eigenvalue weighted by Crippen LogP contribution is 2.70. The number of esters is 4. The van der Waals surface area contributed by atoms with E-state index in [1.54, 1.807) is 30.3 Å². The van der Waals surface area contributed by atoms with Gasteiger partial charge in [0.25, 0.3) is 0 Å². The molecule has 17 heteroatoms. The van der Waals surface area contributed by atoms with Gasteiger partial charge in [-0.05, 0) is 85.4 Å². The fourth-order valence-corrected chi connectivity index (χ4v) is 12.0. The molecule has 354 valence electrons. The molecule has 2 saturated heterocycles. The van der Waals surface area contributed by atoms with E-state index in [1.165, 1.54) is 12.1 Å². The maximum absolute atomic E-state index is 16.3. The van der Waals surface area contributed by atoms with Crippen LogP contribution in [-0.2, 0) is 73.1 Å². The smallest absolute Gasteiger partial charge is 0.303 e. The van der Waals surface area contributed by atoms with E-state index >= 15 is 9.18 Å². The Labute approximate surface area is 381 Å². The van der Waals surface area contributed by atoms with Gasteiger partial charge in [0.15, 0.2) is 48.1 Å². The van der Waals surface area contributed by atoms with Crippen molar-refractivity contribution >= 4 is 41.1 Å². The second kappa shape index (κ2) is 18.1. The van der Waals surface area contributed by atoms with Crippen molar-refractivity contribution in [3.8, 4) is 0 Å². The van der Waals surface area contributed by atoms with Gasteiger partial charge in [-0.1, -0.05) is 49.8 Å². The summed E-state index contributed by atoms with van der Waals surface area (Å²) < 4.78 is 64.0. The molecule has 5 fully saturated rings. The third-order valence-corrected chi connectivity index (χ3v) is 14.7. The van der Waals surface area contributed by atoms with Crippen molar-refractivity contribution < 1.29 is 76.2 Å². The molecule has 2 aromatic rings. The highest BCUT2D eigenvalue weighted by molar-refractivity contribution is 6.01. The Bertz CT molecular complexity index is 2350. The molecule has 8 rings (SSSR count). The van der Waals surface area contributed by atoms with Crippen molar-refractivity contribution in [3.63, 3.8) is 0 Å². The normalized spacial score (nSPS) is 36.5. The molecule has 14 atom stereocenters. The van der Waals surface area contributed by atoms with E-state index in [-0.39, 0.29) is 35.5 Å². The Morgan fingerprint density at radius 1 is 0.879 bits per heavy atom. The average Bonchev–Trinajstić information content (AvgIpc) is 3.74. The third kappa shape index (κ3) is 8.48. The van der Waals surface area contributed by atoms with Gasteiger partial charge in [-0.15, -0.1) is 0 Å². The molecule has 2 aliphatic heterocycles. The molecule has 6 aliphatic rings. The lowest BCUT2D eigenvalue weighted by Crippen LogP contribution is -2.65. The van der Waals surface area contributed by atoms with E-state index in [2.05, 4.69) is 0 Å². The van der Waals surface area contributed by atoms with Crippen LogP contribution in [0.1, 0.15) is 90.2 Å². The highest BCUT2D eigenvalue weighted by atomic mass is 19.1. The molecule has 0 bridgehead atoms. The number of hydrogen-bond donors (Lipinski definition) is 2. The first-order chi connectivity index (χ1) is 31.2. The van der Waals surface area contributed by atoms with Gasteiger partial charge in [-0.3, -0.25) is 28.8 Å². The quantitative estimate of drug-likeness (QED) is 0.167. The Kier molecular flexibility index (Phi) is 12.9. The van der Waals surface area contributed by atoms with Crippen LogP contribution in [0.3, 0.4) is 0 Å². The maximum atomic E-state index is 16.3. The number of allylic oxidation sites excluding steroid dienone is 4. The van der Waals surface area contributed by atoms with Crippen LogP contribution < -0.4 is 5.73 Å². The van der Waals surface area contributed by atoms with Gasteiger partial charge in [0.05, 0.1) is 12.2 Å². The van der Waals surface area contributed by atoms with Gasteiger partial charge in [0.2, 0.25) is 0 Å². The van der Waals surface area contributed by atoms with Crippen LogP contribution >= 0.6 is 0 Å². The van der Waals surface area contributed by atoms with Crippen molar-refractivity contribution in [2.24, 2.45) is 28.6 Å². The summed E-state index contributed by atoms with van der Waals surface area (Å²) in [6, 6.07) is 12.0. The summed E-state index contributed by atoms with van der Waals surface area (Å²) in [6.07, 6.45) is -3.81. The summed E-state index contributed by atoms with van der Waals surface area (Å²) in [5.41, 5.74) is 5.46. The van der Waals surface area contributed by atoms with Crippen LogP contribution in [0, 0.1) is 34.4 Å². The number of benzene rings is 2. The van der Waals surface area contributed by atoms with Crippen LogP contribution in [0.2, 0.25) is 0 Å². The first-order valence-corrected chi connectivity index (χ1v) is 22.3. The number of nitrogen functional groups attached to an aromatic ring is 1. The van der Waals surface area contributed by atoms with Crippen LogP contribution in [0.25, 0.3) is 0 Å². The van der Waals surface area contributed by atoms with Crippen LogP contribution in [0.15, 0.2) is 66.3 Å². The monoisotopic (exact) mass is 917 g/mol. The first kappa shape index (κ1) is 47.2. The number of hydrogen-bond acceptors (Lipinski definition) is 16. The van der Waals surface area contributed by atoms with Crippen molar-refractivity contribution in [1.82, 2.24) is 0 Å². The predicted molar refractivity (Wildman–Crippen MR) is 228 cm³/mol. The number of rotatable bonds is 12. The number of nitrogens with two attached hydrogens (primary N) is 1. The van der Waals surface area contributed by atoms with E-state index in [4.69, 9.17) is 43.6 Å². The van der Waals surface area contributed by atoms with Gasteiger partial charge in [-0.25, -0.2) is 4.39 Å². The Morgan fingerprint density at radius 2 is 1.55 bits per heavy atom. The number of ether oxygens (including phenoxy) is 8. The molecule has 16 nitrogen and oxygen atoms in total. The molecular formula is C49H56FNO15. The standard InChI is InChI=1S/C49H56FNO15/c1-24(52)59-22-38-42(61-25(2)53)43(62-26(3)54)44(63-27(4)55)46(64-38)60-23-39(58)49-40(65-45(66-49)34-13-9-29(18-36(34)50)17-28-7-11-31(51)12-8-28)20-35-33-14-10-30-19-32(56)15-16-47(30,5)41(33)37(57)21-48(35,49)6/h7-9,11-13,15-16,18-19,33,35,37-38,40-46,57H,10,14,17,20-23,51H2,1-6H3/t33-,35-,37-,38+,40+,41+,42-,43-,44+,45+,46+,47-,48-,49+/m0/s1. The molecule has 66 heavy (non-hydrogen) atoms. The topological polar surface area (TPSA) is 223 Å². The number of halogens is 1. The number of anilines is 1. The van der Waals surface area contributed by atoms with Crippen LogP contribution in [-0.4, -0.2) is 102 Å². The zero-order valence-corrected chi connectivity index (χ0v) is 37.7. The minimum absolute atomic E-state index is 0.0597. The molecule has 4 aliphatic carbocycles. The van der Waals surface area contributed by atoms with Gasteiger partial charge in [0.1, 0.15) is 25.1 Å². The summed E-state index contributed by atoms with van der Waals surface area (Å²) in [4.78, 5) is 77.2. The van der Waals surface area contributed by atoms with Crippen molar-refractivity contribution in [1.29, 1.82) is 0 Å². The number of carbonyl (C=O) groups is 6. The molecule has 3 saturated carbocycles. The lowest BCUT2D eigenvalue weighted by Gasteiger charge is -2.59. The van der Waals surface area contributed by atoms with Gasteiger partial charge < -0.3 is 48.7 Å². The number of ketones is 2. The Hall–Kier alpha value is -5.33. The molecule has 0 amide bonds. The summed E-state index contributed by atoms with van der Waals surface area (Å²) in [7, 11) is 0. The van der Waals surface area contributed by atoms with Crippen molar-refractivity contribution in [3.05, 3.63) is 88.8 Å². The van der Waals surface area contributed by atoms with Crippen molar-refractivity contribution in [2.45, 2.75) is 128 Å². The fraction of sp³-hybridized carbons (Fsp3) is 0.551. The second-order valence-electron chi connectivity index (χ2n) is 18.8. The lowest BCUT2D eigenvalue weighted by atomic mass is 9.46. The first-order valence-electron chi connectivity index (χ1n) is 22.3. The van der Waals surface area contributed by atoms with Gasteiger partial charge >= 0.3 is 23.9 Å². The number of Topliss-reactive ketones (excluding diaryl/α,β-unsaturated/α-hetero) is 1.